The molecule has 1 heterocycles. The molecule has 0 radical (unpaired) electrons. The Labute approximate surface area is 131 Å². The minimum atomic E-state index is -3.55. The number of nitrogens with zero attached hydrogens (tertiary/aromatic N) is 1. The monoisotopic (exact) mass is 327 g/mol. The predicted molar refractivity (Wildman–Crippen MR) is 86.4 cm³/mol. The van der Waals surface area contributed by atoms with E-state index in [1.807, 2.05) is 0 Å². The maximum atomic E-state index is 12.4. The Morgan fingerprint density at radius 3 is 2.62 bits per heavy atom. The number of sulfonamides is 1. The molecule has 7 heteroatoms. The summed E-state index contributed by atoms with van der Waals surface area (Å²) in [6.07, 6.45) is 4.27. The Kier molecular flexibility index (Phi) is 4.95. The van der Waals surface area contributed by atoms with Crippen LogP contribution < -0.4 is 10.5 Å². The Morgan fingerprint density at radius 1 is 1.38 bits per heavy atom. The second kappa shape index (κ2) is 6.37. The van der Waals surface area contributed by atoms with Gasteiger partial charge in [-0.25, -0.2) is 13.1 Å². The van der Waals surface area contributed by atoms with Crippen molar-refractivity contribution in [2.24, 2.45) is 17.6 Å². The normalized spacial score (nSPS) is 26.5. The SMILES string of the molecule is CC1CCC(NS(=O)(=O)c2ccc(C(N)=S)nc2)C(C)C1. The Hall–Kier alpha value is -1.05. The highest BCUT2D eigenvalue weighted by Crippen LogP contribution is 2.29. The number of aromatic nitrogens is 1. The highest BCUT2D eigenvalue weighted by atomic mass is 32.2. The van der Waals surface area contributed by atoms with Crippen LogP contribution in [0.2, 0.25) is 0 Å². The summed E-state index contributed by atoms with van der Waals surface area (Å²) in [5.41, 5.74) is 5.88. The average molecular weight is 327 g/mol. The molecule has 3 atom stereocenters. The zero-order valence-electron chi connectivity index (χ0n) is 12.2. The molecule has 0 saturated heterocycles. The summed E-state index contributed by atoms with van der Waals surface area (Å²) in [6.45, 7) is 4.30. The molecular formula is C14H21N3O2S2. The molecule has 1 aromatic rings. The lowest BCUT2D eigenvalue weighted by atomic mass is 9.80. The number of hydrogen-bond donors (Lipinski definition) is 2. The third-order valence-electron chi connectivity index (χ3n) is 4.04. The minimum Gasteiger partial charge on any atom is -0.388 e. The molecule has 0 amide bonds. The summed E-state index contributed by atoms with van der Waals surface area (Å²) in [4.78, 5) is 4.28. The minimum absolute atomic E-state index is 0.0125. The summed E-state index contributed by atoms with van der Waals surface area (Å²) in [5, 5.41) is 0. The molecule has 21 heavy (non-hydrogen) atoms. The molecular weight excluding hydrogens is 306 g/mol. The Bertz CT molecular complexity index is 614. The highest BCUT2D eigenvalue weighted by molar-refractivity contribution is 7.89. The van der Waals surface area contributed by atoms with Crippen LogP contribution in [0.25, 0.3) is 0 Å². The van der Waals surface area contributed by atoms with Gasteiger partial charge in [-0.3, -0.25) is 4.98 Å². The van der Waals surface area contributed by atoms with Gasteiger partial charge in [-0.15, -0.1) is 0 Å². The first-order valence-electron chi connectivity index (χ1n) is 7.08. The summed E-state index contributed by atoms with van der Waals surface area (Å²) < 4.78 is 27.6. The molecule has 1 saturated carbocycles. The second-order valence-corrected chi connectivity index (χ2v) is 8.02. The lowest BCUT2D eigenvalue weighted by Crippen LogP contribution is -2.42. The molecule has 1 aliphatic rings. The van der Waals surface area contributed by atoms with E-state index < -0.39 is 10.0 Å². The zero-order valence-corrected chi connectivity index (χ0v) is 13.9. The number of rotatable bonds is 4. The molecule has 3 N–H and O–H groups in total. The molecule has 2 rings (SSSR count). The fraction of sp³-hybridized carbons (Fsp3) is 0.571. The topological polar surface area (TPSA) is 85.1 Å². The van der Waals surface area contributed by atoms with Crippen LogP contribution in [0.15, 0.2) is 23.2 Å². The van der Waals surface area contributed by atoms with Crippen LogP contribution in [-0.2, 0) is 10.0 Å². The van der Waals surface area contributed by atoms with Crippen molar-refractivity contribution in [2.75, 3.05) is 0 Å². The molecule has 116 valence electrons. The lowest BCUT2D eigenvalue weighted by Gasteiger charge is -2.32. The van der Waals surface area contributed by atoms with Crippen molar-refractivity contribution < 1.29 is 8.42 Å². The molecule has 0 aliphatic heterocycles. The van der Waals surface area contributed by atoms with Crippen LogP contribution >= 0.6 is 12.2 Å². The number of nitrogens with one attached hydrogen (secondary N) is 1. The van der Waals surface area contributed by atoms with Crippen molar-refractivity contribution >= 4 is 27.2 Å². The maximum absolute atomic E-state index is 12.4. The summed E-state index contributed by atoms with van der Waals surface area (Å²) in [6, 6.07) is 3.00. The van der Waals surface area contributed by atoms with E-state index in [0.717, 1.165) is 19.3 Å². The van der Waals surface area contributed by atoms with Gasteiger partial charge in [-0.1, -0.05) is 26.1 Å². The first-order chi connectivity index (χ1) is 9.79. The van der Waals surface area contributed by atoms with E-state index in [9.17, 15) is 8.42 Å². The van der Waals surface area contributed by atoms with Crippen LogP contribution in [-0.4, -0.2) is 24.4 Å². The molecule has 0 bridgehead atoms. The molecule has 1 fully saturated rings. The lowest BCUT2D eigenvalue weighted by molar-refractivity contribution is 0.249. The van der Waals surface area contributed by atoms with Gasteiger partial charge in [0.15, 0.2) is 0 Å². The summed E-state index contributed by atoms with van der Waals surface area (Å²) in [5.74, 6) is 1.000. The van der Waals surface area contributed by atoms with Gasteiger partial charge in [-0.05, 0) is 43.2 Å². The van der Waals surface area contributed by atoms with Crippen LogP contribution in [0.4, 0.5) is 0 Å². The Balaban J connectivity index is 2.13. The van der Waals surface area contributed by atoms with Gasteiger partial charge in [-0.2, -0.15) is 0 Å². The number of thiocarbonyl (C=S) groups is 1. The van der Waals surface area contributed by atoms with Gasteiger partial charge in [0.1, 0.15) is 9.88 Å². The van der Waals surface area contributed by atoms with Crippen molar-refractivity contribution in [3.8, 4) is 0 Å². The number of pyridine rings is 1. The molecule has 5 nitrogen and oxygen atoms in total. The third kappa shape index (κ3) is 3.99. The quantitative estimate of drug-likeness (QED) is 0.824. The third-order valence-corrected chi connectivity index (χ3v) is 5.72. The van der Waals surface area contributed by atoms with Gasteiger partial charge >= 0.3 is 0 Å². The fourth-order valence-corrected chi connectivity index (χ4v) is 4.24. The van der Waals surface area contributed by atoms with Crippen molar-refractivity contribution in [1.29, 1.82) is 0 Å². The molecule has 0 aromatic carbocycles. The van der Waals surface area contributed by atoms with Crippen molar-refractivity contribution in [3.05, 3.63) is 24.0 Å². The zero-order chi connectivity index (χ0) is 15.6. The van der Waals surface area contributed by atoms with E-state index in [1.165, 1.54) is 18.3 Å². The van der Waals surface area contributed by atoms with E-state index in [-0.39, 0.29) is 15.9 Å². The highest BCUT2D eigenvalue weighted by Gasteiger charge is 2.29. The Morgan fingerprint density at radius 2 is 2.10 bits per heavy atom. The second-order valence-electron chi connectivity index (χ2n) is 5.87. The van der Waals surface area contributed by atoms with E-state index in [2.05, 4.69) is 23.6 Å². The largest absolute Gasteiger partial charge is 0.388 e. The average Bonchev–Trinajstić information content (AvgIpc) is 2.42. The molecule has 1 aromatic heterocycles. The van der Waals surface area contributed by atoms with E-state index in [4.69, 9.17) is 18.0 Å². The van der Waals surface area contributed by atoms with Crippen molar-refractivity contribution in [3.63, 3.8) is 0 Å². The van der Waals surface area contributed by atoms with E-state index in [0.29, 0.717) is 17.5 Å². The maximum Gasteiger partial charge on any atom is 0.242 e. The molecule has 1 aliphatic carbocycles. The summed E-state index contributed by atoms with van der Waals surface area (Å²) >= 11 is 4.81. The van der Waals surface area contributed by atoms with Crippen molar-refractivity contribution in [2.45, 2.75) is 44.0 Å². The van der Waals surface area contributed by atoms with Crippen LogP contribution in [0, 0.1) is 11.8 Å². The first kappa shape index (κ1) is 16.3. The van der Waals surface area contributed by atoms with Crippen LogP contribution in [0.1, 0.15) is 38.8 Å². The van der Waals surface area contributed by atoms with Crippen LogP contribution in [0.5, 0.6) is 0 Å². The predicted octanol–water partition coefficient (Wildman–Crippen LogP) is 1.82. The summed E-state index contributed by atoms with van der Waals surface area (Å²) in [7, 11) is -3.55. The van der Waals surface area contributed by atoms with Gasteiger partial charge < -0.3 is 5.73 Å². The smallest absolute Gasteiger partial charge is 0.242 e. The first-order valence-corrected chi connectivity index (χ1v) is 8.97. The van der Waals surface area contributed by atoms with Crippen LogP contribution in [0.3, 0.4) is 0 Å². The van der Waals surface area contributed by atoms with Gasteiger partial charge in [0, 0.05) is 12.2 Å². The standard InChI is InChI=1S/C14H21N3O2S2/c1-9-3-5-12(10(2)7-9)17-21(18,19)11-4-6-13(14(15)20)16-8-11/h4,6,8-10,12,17H,3,5,7H2,1-2H3,(H2,15,20). The van der Waals surface area contributed by atoms with E-state index >= 15 is 0 Å². The number of nitrogens with two attached hydrogens (primary N) is 1. The number of hydrogen-bond acceptors (Lipinski definition) is 4. The molecule has 0 spiro atoms. The van der Waals surface area contributed by atoms with Crippen molar-refractivity contribution in [1.82, 2.24) is 9.71 Å². The fourth-order valence-electron chi connectivity index (χ4n) is 2.79. The molecule has 3 unspecified atom stereocenters. The van der Waals surface area contributed by atoms with Gasteiger partial charge in [0.2, 0.25) is 10.0 Å². The van der Waals surface area contributed by atoms with Gasteiger partial charge in [0.05, 0.1) is 5.69 Å². The van der Waals surface area contributed by atoms with Gasteiger partial charge in [0.25, 0.3) is 0 Å². The van der Waals surface area contributed by atoms with E-state index in [1.54, 1.807) is 0 Å².